The molecule has 0 saturated heterocycles. The predicted molar refractivity (Wildman–Crippen MR) is 106 cm³/mol. The fraction of sp³-hybridized carbons (Fsp3) is 0.429. The van der Waals surface area contributed by atoms with Crippen LogP contribution in [0, 0.1) is 0 Å². The summed E-state index contributed by atoms with van der Waals surface area (Å²) < 4.78 is 41.8. The number of ether oxygens (including phenoxy) is 1. The van der Waals surface area contributed by atoms with Crippen LogP contribution < -0.4 is 4.74 Å². The van der Waals surface area contributed by atoms with E-state index in [0.29, 0.717) is 35.7 Å². The molecule has 0 aliphatic carbocycles. The minimum Gasteiger partial charge on any atom is -0.475 e. The number of unbranched alkanes of at least 4 members (excludes halogenated alkanes) is 1. The molecular weight excluding hydrogens is 417 g/mol. The van der Waals surface area contributed by atoms with Crippen LogP contribution in [0.3, 0.4) is 0 Å². The maximum absolute atomic E-state index is 12.4. The van der Waals surface area contributed by atoms with Crippen molar-refractivity contribution < 1.29 is 27.5 Å². The predicted octanol–water partition coefficient (Wildman–Crippen LogP) is 4.12. The van der Waals surface area contributed by atoms with Gasteiger partial charge in [-0.2, -0.15) is 13.2 Å². The number of benzene rings is 1. The van der Waals surface area contributed by atoms with Gasteiger partial charge in [0.1, 0.15) is 0 Å². The molecule has 1 aromatic heterocycles. The molecule has 3 heterocycles. The molecule has 9 heteroatoms. The second-order valence-electron chi connectivity index (χ2n) is 7.46. The van der Waals surface area contributed by atoms with Gasteiger partial charge >= 0.3 is 6.18 Å². The van der Waals surface area contributed by atoms with Gasteiger partial charge in [-0.05, 0) is 49.6 Å². The van der Waals surface area contributed by atoms with Crippen LogP contribution in [0.1, 0.15) is 44.0 Å². The molecule has 30 heavy (non-hydrogen) atoms. The number of hydrogen-bond donors (Lipinski definition) is 0. The van der Waals surface area contributed by atoms with Crippen molar-refractivity contribution in [1.82, 2.24) is 9.80 Å². The third-order valence-electron chi connectivity index (χ3n) is 5.29. The average molecular weight is 438 g/mol. The van der Waals surface area contributed by atoms with E-state index >= 15 is 0 Å². The Kier molecular flexibility index (Phi) is 5.84. The molecule has 0 saturated carbocycles. The molecule has 0 atom stereocenters. The van der Waals surface area contributed by atoms with Gasteiger partial charge in [-0.1, -0.05) is 12.1 Å². The summed E-state index contributed by atoms with van der Waals surface area (Å²) in [6.45, 7) is 1.43. The highest BCUT2D eigenvalue weighted by Gasteiger charge is 2.34. The maximum atomic E-state index is 12.4. The van der Waals surface area contributed by atoms with Gasteiger partial charge in [0.2, 0.25) is 0 Å². The first-order valence-corrected chi connectivity index (χ1v) is 10.6. The normalized spacial score (nSPS) is 16.7. The van der Waals surface area contributed by atoms with E-state index < -0.39 is 12.8 Å². The highest BCUT2D eigenvalue weighted by atomic mass is 32.1. The average Bonchev–Trinajstić information content (AvgIpc) is 3.23. The Balaban J connectivity index is 1.23. The summed E-state index contributed by atoms with van der Waals surface area (Å²) >= 11 is 1.29. The SMILES string of the molecule is O=C1c2ccccc2C(=O)N1CCCCN1CCc2sc(OCC(F)(F)F)cc2C1. The van der Waals surface area contributed by atoms with E-state index in [0.717, 1.165) is 36.4 Å². The molecule has 2 aliphatic heterocycles. The number of amides is 2. The number of nitrogens with zero attached hydrogens (tertiary/aromatic N) is 2. The number of thiophene rings is 1. The minimum atomic E-state index is -4.34. The van der Waals surface area contributed by atoms with Crippen molar-refractivity contribution in [3.05, 3.63) is 51.9 Å². The molecule has 0 bridgehead atoms. The monoisotopic (exact) mass is 438 g/mol. The number of carbonyl (C=O) groups excluding carboxylic acids is 2. The molecule has 0 unspecified atom stereocenters. The Morgan fingerprint density at radius 2 is 1.70 bits per heavy atom. The Labute approximate surface area is 176 Å². The number of rotatable bonds is 7. The Hall–Kier alpha value is -2.39. The van der Waals surface area contributed by atoms with Gasteiger partial charge in [0.25, 0.3) is 11.8 Å². The molecule has 160 valence electrons. The van der Waals surface area contributed by atoms with Crippen LogP contribution in [0.5, 0.6) is 5.06 Å². The summed E-state index contributed by atoms with van der Waals surface area (Å²) in [4.78, 5) is 29.4. The largest absolute Gasteiger partial charge is 0.475 e. The summed E-state index contributed by atoms with van der Waals surface area (Å²) in [6, 6.07) is 8.56. The van der Waals surface area contributed by atoms with Crippen LogP contribution in [0.4, 0.5) is 13.2 Å². The fourth-order valence-electron chi connectivity index (χ4n) is 3.83. The Bertz CT molecular complexity index is 922. The van der Waals surface area contributed by atoms with Crippen molar-refractivity contribution in [3.63, 3.8) is 0 Å². The van der Waals surface area contributed by atoms with E-state index in [4.69, 9.17) is 4.74 Å². The van der Waals surface area contributed by atoms with Crippen LogP contribution in [0.25, 0.3) is 0 Å². The van der Waals surface area contributed by atoms with E-state index in [1.165, 1.54) is 16.2 Å². The molecule has 2 amide bonds. The lowest BCUT2D eigenvalue weighted by molar-refractivity contribution is -0.152. The standard InChI is InChI=1S/C21H21F3N2O3S/c22-21(23,24)13-29-18-11-14-12-25(10-7-17(14)30-18)8-3-4-9-26-19(27)15-5-1-2-6-16(15)20(26)28/h1-2,5-6,11H,3-4,7-10,12-13H2. The van der Waals surface area contributed by atoms with Gasteiger partial charge in [-0.3, -0.25) is 19.4 Å². The first-order valence-electron chi connectivity index (χ1n) is 9.80. The molecule has 0 radical (unpaired) electrons. The Morgan fingerprint density at radius 1 is 1.03 bits per heavy atom. The van der Waals surface area contributed by atoms with Gasteiger partial charge in [-0.15, -0.1) is 11.3 Å². The van der Waals surface area contributed by atoms with Crippen molar-refractivity contribution in [2.75, 3.05) is 26.2 Å². The minimum absolute atomic E-state index is 0.233. The lowest BCUT2D eigenvalue weighted by atomic mass is 10.1. The van der Waals surface area contributed by atoms with Crippen molar-refractivity contribution in [3.8, 4) is 5.06 Å². The Morgan fingerprint density at radius 3 is 2.37 bits per heavy atom. The highest BCUT2D eigenvalue weighted by Crippen LogP contribution is 2.34. The molecule has 2 aromatic rings. The molecular formula is C21H21F3N2O3S. The fourth-order valence-corrected chi connectivity index (χ4v) is 4.84. The molecule has 4 rings (SSSR count). The van der Waals surface area contributed by atoms with E-state index in [2.05, 4.69) is 4.90 Å². The number of alkyl halides is 3. The topological polar surface area (TPSA) is 49.9 Å². The number of carbonyl (C=O) groups is 2. The number of hydrogen-bond acceptors (Lipinski definition) is 5. The smallest absolute Gasteiger partial charge is 0.422 e. The van der Waals surface area contributed by atoms with E-state index in [-0.39, 0.29) is 11.8 Å². The summed E-state index contributed by atoms with van der Waals surface area (Å²) in [7, 11) is 0. The molecule has 0 fully saturated rings. The number of imide groups is 1. The van der Waals surface area contributed by atoms with Crippen LogP contribution in [-0.4, -0.2) is 54.0 Å². The summed E-state index contributed by atoms with van der Waals surface area (Å²) in [5, 5.41) is 0.310. The van der Waals surface area contributed by atoms with Crippen LogP contribution in [-0.2, 0) is 13.0 Å². The molecule has 5 nitrogen and oxygen atoms in total. The number of fused-ring (bicyclic) bond motifs is 2. The second-order valence-corrected chi connectivity index (χ2v) is 8.56. The van der Waals surface area contributed by atoms with Crippen molar-refractivity contribution in [2.45, 2.75) is 32.0 Å². The molecule has 0 spiro atoms. The van der Waals surface area contributed by atoms with Crippen molar-refractivity contribution in [2.24, 2.45) is 0 Å². The zero-order valence-corrected chi connectivity index (χ0v) is 17.0. The van der Waals surface area contributed by atoms with Crippen molar-refractivity contribution >= 4 is 23.2 Å². The second kappa shape index (κ2) is 8.39. The molecule has 2 aliphatic rings. The zero-order valence-electron chi connectivity index (χ0n) is 16.2. The lowest BCUT2D eigenvalue weighted by Gasteiger charge is -2.26. The van der Waals surface area contributed by atoms with Gasteiger partial charge in [0.05, 0.1) is 11.1 Å². The van der Waals surface area contributed by atoms with Crippen LogP contribution in [0.2, 0.25) is 0 Å². The van der Waals surface area contributed by atoms with Crippen molar-refractivity contribution in [1.29, 1.82) is 0 Å². The van der Waals surface area contributed by atoms with Crippen LogP contribution >= 0.6 is 11.3 Å². The van der Waals surface area contributed by atoms with Gasteiger partial charge in [-0.25, -0.2) is 0 Å². The van der Waals surface area contributed by atoms with Gasteiger partial charge < -0.3 is 4.74 Å². The van der Waals surface area contributed by atoms with E-state index in [1.54, 1.807) is 30.3 Å². The quantitative estimate of drug-likeness (QED) is 0.482. The first-order chi connectivity index (χ1) is 14.3. The maximum Gasteiger partial charge on any atom is 0.422 e. The van der Waals surface area contributed by atoms with E-state index in [1.807, 2.05) is 0 Å². The van der Waals surface area contributed by atoms with Gasteiger partial charge in [0.15, 0.2) is 11.7 Å². The van der Waals surface area contributed by atoms with Crippen LogP contribution in [0.15, 0.2) is 30.3 Å². The summed E-state index contributed by atoms with van der Waals surface area (Å²) in [5.41, 5.74) is 1.95. The molecule has 1 aromatic carbocycles. The van der Waals surface area contributed by atoms with E-state index in [9.17, 15) is 22.8 Å². The lowest BCUT2D eigenvalue weighted by Crippen LogP contribution is -2.33. The van der Waals surface area contributed by atoms with Gasteiger partial charge in [0, 0.05) is 24.5 Å². The summed E-state index contributed by atoms with van der Waals surface area (Å²) in [5.74, 6) is -0.467. The molecule has 0 N–H and O–H groups in total. The third kappa shape index (κ3) is 4.52. The number of halogens is 3. The zero-order chi connectivity index (χ0) is 21.3. The third-order valence-corrected chi connectivity index (χ3v) is 6.44. The summed E-state index contributed by atoms with van der Waals surface area (Å²) in [6.07, 6.45) is -2.02. The first kappa shape index (κ1) is 20.9. The highest BCUT2D eigenvalue weighted by molar-refractivity contribution is 7.14.